The lowest BCUT2D eigenvalue weighted by atomic mass is 9.94. The number of rotatable bonds is 5. The van der Waals surface area contributed by atoms with Crippen molar-refractivity contribution in [1.29, 1.82) is 0 Å². The van der Waals surface area contributed by atoms with E-state index in [0.29, 0.717) is 5.56 Å². The van der Waals surface area contributed by atoms with E-state index >= 15 is 0 Å². The largest absolute Gasteiger partial charge is 0.461 e. The molecule has 1 aromatic rings. The van der Waals surface area contributed by atoms with Gasteiger partial charge in [-0.3, -0.25) is 0 Å². The maximum absolute atomic E-state index is 12.8. The van der Waals surface area contributed by atoms with Crippen molar-refractivity contribution < 1.29 is 27.4 Å². The zero-order valence-corrected chi connectivity index (χ0v) is 10.7. The molecule has 0 amide bonds. The Morgan fingerprint density at radius 3 is 2.45 bits per heavy atom. The molecule has 1 atom stereocenters. The highest BCUT2D eigenvalue weighted by atomic mass is 19.3. The molecule has 0 aliphatic heterocycles. The van der Waals surface area contributed by atoms with E-state index < -0.39 is 18.6 Å². The maximum atomic E-state index is 12.8. The summed E-state index contributed by atoms with van der Waals surface area (Å²) >= 11 is 0. The second kappa shape index (κ2) is 5.99. The first-order valence-electron chi connectivity index (χ1n) is 6.53. The minimum Gasteiger partial charge on any atom is -0.428 e. The minimum absolute atomic E-state index is 0.0841. The van der Waals surface area contributed by atoms with Crippen LogP contribution in [0.2, 0.25) is 0 Å². The smallest absolute Gasteiger partial charge is 0.428 e. The standard InChI is InChI=1S/C14H16F4O2/c15-13(16)14(17,18)20-11-7-3-6-10(8-11)12(19)9-4-1-2-5-9/h3,6-9,12-13,19H,1-2,4-5H2/t12-/m0/s1. The SMILES string of the molecule is O[C@H](c1cccc(OC(F)(F)C(F)F)c1)C1CCCC1. The molecule has 112 valence electrons. The Hall–Kier alpha value is -1.30. The maximum Gasteiger partial charge on any atom is 0.461 e. The second-order valence-corrected chi connectivity index (χ2v) is 5.03. The van der Waals surface area contributed by atoms with Gasteiger partial charge in [0.25, 0.3) is 0 Å². The molecule has 0 unspecified atom stereocenters. The van der Waals surface area contributed by atoms with Gasteiger partial charge in [0.05, 0.1) is 6.10 Å². The monoisotopic (exact) mass is 292 g/mol. The lowest BCUT2D eigenvalue weighted by Gasteiger charge is -2.20. The fraction of sp³-hybridized carbons (Fsp3) is 0.571. The van der Waals surface area contributed by atoms with E-state index in [1.807, 2.05) is 0 Å². The van der Waals surface area contributed by atoms with Gasteiger partial charge in [-0.1, -0.05) is 25.0 Å². The van der Waals surface area contributed by atoms with Crippen LogP contribution in [0.4, 0.5) is 17.6 Å². The van der Waals surface area contributed by atoms with E-state index in [0.717, 1.165) is 25.7 Å². The van der Waals surface area contributed by atoms with Crippen LogP contribution in [0.25, 0.3) is 0 Å². The number of halogens is 4. The molecule has 20 heavy (non-hydrogen) atoms. The summed E-state index contributed by atoms with van der Waals surface area (Å²) in [7, 11) is 0. The van der Waals surface area contributed by atoms with E-state index in [4.69, 9.17) is 0 Å². The van der Waals surface area contributed by atoms with Crippen LogP contribution in [0.1, 0.15) is 37.4 Å². The van der Waals surface area contributed by atoms with Gasteiger partial charge in [0.15, 0.2) is 0 Å². The topological polar surface area (TPSA) is 29.5 Å². The Morgan fingerprint density at radius 2 is 1.85 bits per heavy atom. The average molecular weight is 292 g/mol. The lowest BCUT2D eigenvalue weighted by Crippen LogP contribution is -2.33. The molecular formula is C14H16F4O2. The summed E-state index contributed by atoms with van der Waals surface area (Å²) in [6.45, 7) is 0. The predicted molar refractivity (Wildman–Crippen MR) is 64.9 cm³/mol. The van der Waals surface area contributed by atoms with E-state index in [-0.39, 0.29) is 11.7 Å². The summed E-state index contributed by atoms with van der Waals surface area (Å²) in [6.07, 6.45) is -5.40. The highest BCUT2D eigenvalue weighted by molar-refractivity contribution is 5.30. The molecule has 1 saturated carbocycles. The van der Waals surface area contributed by atoms with Crippen LogP contribution in [0, 0.1) is 5.92 Å². The van der Waals surface area contributed by atoms with Crippen LogP contribution in [0.3, 0.4) is 0 Å². The van der Waals surface area contributed by atoms with Crippen molar-refractivity contribution in [1.82, 2.24) is 0 Å². The number of benzene rings is 1. The van der Waals surface area contributed by atoms with Gasteiger partial charge in [0.2, 0.25) is 0 Å². The summed E-state index contributed by atoms with van der Waals surface area (Å²) in [5.74, 6) is -0.286. The Labute approximate surface area is 114 Å². The normalized spacial score (nSPS) is 18.5. The first kappa shape index (κ1) is 15.1. The first-order valence-corrected chi connectivity index (χ1v) is 6.53. The molecule has 0 spiro atoms. The van der Waals surface area contributed by atoms with Crippen molar-refractivity contribution in [2.75, 3.05) is 0 Å². The third kappa shape index (κ3) is 3.42. The van der Waals surface area contributed by atoms with Crippen molar-refractivity contribution in [3.63, 3.8) is 0 Å². The van der Waals surface area contributed by atoms with Crippen LogP contribution in [-0.4, -0.2) is 17.6 Å². The van der Waals surface area contributed by atoms with Gasteiger partial charge < -0.3 is 9.84 Å². The molecule has 1 aliphatic rings. The molecule has 2 rings (SSSR count). The summed E-state index contributed by atoms with van der Waals surface area (Å²) in [5.41, 5.74) is 0.416. The van der Waals surface area contributed by atoms with Gasteiger partial charge in [0, 0.05) is 0 Å². The fourth-order valence-corrected chi connectivity index (χ4v) is 2.51. The lowest BCUT2D eigenvalue weighted by molar-refractivity contribution is -0.253. The van der Waals surface area contributed by atoms with Crippen LogP contribution in [0.5, 0.6) is 5.75 Å². The van der Waals surface area contributed by atoms with Gasteiger partial charge in [-0.05, 0) is 36.5 Å². The number of hydrogen-bond donors (Lipinski definition) is 1. The Balaban J connectivity index is 2.11. The average Bonchev–Trinajstić information content (AvgIpc) is 2.91. The summed E-state index contributed by atoms with van der Waals surface area (Å²) in [6, 6.07) is 5.35. The molecular weight excluding hydrogens is 276 g/mol. The Bertz CT molecular complexity index is 445. The third-order valence-electron chi connectivity index (χ3n) is 3.55. The van der Waals surface area contributed by atoms with Crippen molar-refractivity contribution in [2.24, 2.45) is 5.92 Å². The van der Waals surface area contributed by atoms with E-state index in [1.54, 1.807) is 6.07 Å². The Kier molecular flexibility index (Phi) is 4.52. The molecule has 0 saturated heterocycles. The molecule has 0 bridgehead atoms. The van der Waals surface area contributed by atoms with Crippen LogP contribution in [0.15, 0.2) is 24.3 Å². The molecule has 2 nitrogen and oxygen atoms in total. The van der Waals surface area contributed by atoms with Crippen LogP contribution < -0.4 is 4.74 Å². The number of ether oxygens (including phenoxy) is 1. The highest BCUT2D eigenvalue weighted by Crippen LogP contribution is 2.37. The zero-order valence-electron chi connectivity index (χ0n) is 10.7. The molecule has 1 aromatic carbocycles. The van der Waals surface area contributed by atoms with Gasteiger partial charge in [-0.2, -0.15) is 17.6 Å². The van der Waals surface area contributed by atoms with Gasteiger partial charge in [-0.25, -0.2) is 0 Å². The molecule has 1 N–H and O–H groups in total. The Morgan fingerprint density at radius 1 is 1.20 bits per heavy atom. The predicted octanol–water partition coefficient (Wildman–Crippen LogP) is 4.15. The second-order valence-electron chi connectivity index (χ2n) is 5.03. The van der Waals surface area contributed by atoms with Crippen molar-refractivity contribution in [3.05, 3.63) is 29.8 Å². The molecule has 0 heterocycles. The number of aliphatic hydroxyl groups is 1. The van der Waals surface area contributed by atoms with Crippen molar-refractivity contribution in [2.45, 2.75) is 44.3 Å². The quantitative estimate of drug-likeness (QED) is 0.826. The number of alkyl halides is 4. The van der Waals surface area contributed by atoms with Crippen LogP contribution >= 0.6 is 0 Å². The minimum atomic E-state index is -4.53. The molecule has 0 radical (unpaired) electrons. The number of aliphatic hydroxyl groups excluding tert-OH is 1. The molecule has 1 aliphatic carbocycles. The van der Waals surface area contributed by atoms with Crippen molar-refractivity contribution >= 4 is 0 Å². The summed E-state index contributed by atoms with van der Waals surface area (Å²) in [4.78, 5) is 0. The highest BCUT2D eigenvalue weighted by Gasteiger charge is 2.44. The van der Waals surface area contributed by atoms with Gasteiger partial charge in [-0.15, -0.1) is 0 Å². The number of hydrogen-bond acceptors (Lipinski definition) is 2. The summed E-state index contributed by atoms with van der Waals surface area (Å²) in [5, 5.41) is 10.2. The zero-order chi connectivity index (χ0) is 14.8. The molecule has 6 heteroatoms. The van der Waals surface area contributed by atoms with Crippen LogP contribution in [-0.2, 0) is 0 Å². The van der Waals surface area contributed by atoms with E-state index in [2.05, 4.69) is 4.74 Å². The van der Waals surface area contributed by atoms with E-state index in [1.165, 1.54) is 18.2 Å². The molecule has 0 aromatic heterocycles. The van der Waals surface area contributed by atoms with Crippen molar-refractivity contribution in [3.8, 4) is 5.75 Å². The van der Waals surface area contributed by atoms with Gasteiger partial charge in [0.1, 0.15) is 5.75 Å². The molecule has 1 fully saturated rings. The van der Waals surface area contributed by atoms with E-state index in [9.17, 15) is 22.7 Å². The summed E-state index contributed by atoms with van der Waals surface area (Å²) < 4.78 is 53.8. The third-order valence-corrected chi connectivity index (χ3v) is 3.55. The van der Waals surface area contributed by atoms with Gasteiger partial charge >= 0.3 is 12.5 Å². The fourth-order valence-electron chi connectivity index (χ4n) is 2.51. The first-order chi connectivity index (χ1) is 9.40.